The van der Waals surface area contributed by atoms with Crippen LogP contribution in [0.5, 0.6) is 23.0 Å². The predicted octanol–water partition coefficient (Wildman–Crippen LogP) is 26.9. The Morgan fingerprint density at radius 3 is 0.950 bits per heavy atom. The van der Waals surface area contributed by atoms with E-state index in [9.17, 15) is 0 Å². The van der Waals surface area contributed by atoms with Crippen LogP contribution in [0.4, 0.5) is 0 Å². The molecule has 8 heteroatoms. The van der Waals surface area contributed by atoms with Gasteiger partial charge >= 0.3 is 0 Å². The first-order valence-electron chi connectivity index (χ1n) is 40.5. The molecule has 0 fully saturated rings. The molecule has 100 heavy (non-hydrogen) atoms. The normalized spacial score (nSPS) is 14.7. The van der Waals surface area contributed by atoms with Crippen molar-refractivity contribution < 1.29 is 18.9 Å². The molecule has 0 amide bonds. The summed E-state index contributed by atoms with van der Waals surface area (Å²) in [6.07, 6.45) is 67.9. The first-order chi connectivity index (χ1) is 49.5. The minimum absolute atomic E-state index is 0.646. The number of ether oxygens (including phenoxy) is 4. The largest absolute Gasteiger partial charge is 0.494 e. The Labute approximate surface area is 605 Å². The van der Waals surface area contributed by atoms with Gasteiger partial charge in [-0.25, -0.2) is 20.0 Å². The molecule has 8 nitrogen and oxygen atoms in total. The van der Waals surface area contributed by atoms with Gasteiger partial charge in [0.15, 0.2) is 0 Å². The van der Waals surface area contributed by atoms with Crippen molar-refractivity contribution in [3.05, 3.63) is 191 Å². The molecule has 4 aromatic carbocycles. The highest BCUT2D eigenvalue weighted by atomic mass is 16.5. The molecule has 0 aliphatic carbocycles. The fraction of sp³-hybridized carbons (Fsp3) is 0.522. The predicted molar refractivity (Wildman–Crippen MR) is 429 cm³/mol. The maximum Gasteiger partial charge on any atom is 0.119 e. The number of benzene rings is 4. The average Bonchev–Trinajstić information content (AvgIpc) is 1.57. The van der Waals surface area contributed by atoms with E-state index in [0.717, 1.165) is 152 Å². The SMILES string of the molecule is CCCCCCCCCCCCOc1cccc(C2=CC3=CC4=NC(=CC5=NC(=CC6=NC(=C(c7cccc(OCCCCCCCCCCCC)c7)C2=N3)C(c2cccc(OCCCCCCCCCCCC)c2)=C6c2cccc(OCCCCCCCCCCCC)c2)C=C5)C=C4)c1. The summed E-state index contributed by atoms with van der Waals surface area (Å²) in [4.78, 5) is 22.2. The molecule has 0 aromatic heterocycles. The second-order valence-corrected chi connectivity index (χ2v) is 28.7. The highest BCUT2D eigenvalue weighted by Crippen LogP contribution is 2.48. The van der Waals surface area contributed by atoms with Crippen LogP contribution in [0.15, 0.2) is 188 Å². The van der Waals surface area contributed by atoms with Gasteiger partial charge in [-0.05, 0) is 145 Å². The quantitative estimate of drug-likeness (QED) is 0.0412. The Kier molecular flexibility index (Phi) is 35.0. The minimum Gasteiger partial charge on any atom is -0.494 e. The Morgan fingerprint density at radius 2 is 0.570 bits per heavy atom. The van der Waals surface area contributed by atoms with Crippen LogP contribution in [0, 0.1) is 0 Å². The number of hydrogen-bond acceptors (Lipinski definition) is 8. The molecule has 9 rings (SSSR count). The first kappa shape index (κ1) is 76.9. The van der Waals surface area contributed by atoms with Crippen LogP contribution in [0.3, 0.4) is 0 Å². The van der Waals surface area contributed by atoms with Gasteiger partial charge < -0.3 is 18.9 Å². The zero-order valence-electron chi connectivity index (χ0n) is 62.4. The number of fused-ring (bicyclic) bond motifs is 4. The molecule has 0 N–H and O–H groups in total. The molecular weight excluding hydrogens is 1230 g/mol. The van der Waals surface area contributed by atoms with Gasteiger partial charge in [-0.3, -0.25) is 0 Å². The molecule has 536 valence electrons. The Hall–Kier alpha value is -7.32. The Balaban J connectivity index is 1.11. The van der Waals surface area contributed by atoms with E-state index < -0.39 is 0 Å². The van der Waals surface area contributed by atoms with E-state index >= 15 is 0 Å². The van der Waals surface area contributed by atoms with Gasteiger partial charge in [-0.15, -0.1) is 0 Å². The van der Waals surface area contributed by atoms with E-state index in [1.165, 1.54) is 218 Å². The van der Waals surface area contributed by atoms with Crippen molar-refractivity contribution in [2.75, 3.05) is 26.4 Å². The Morgan fingerprint density at radius 1 is 0.260 bits per heavy atom. The number of allylic oxidation sites excluding steroid dienone is 12. The lowest BCUT2D eigenvalue weighted by Gasteiger charge is -2.19. The summed E-state index contributed by atoms with van der Waals surface area (Å²) >= 11 is 0. The van der Waals surface area contributed by atoms with Gasteiger partial charge in [-0.2, -0.15) is 0 Å². The van der Waals surface area contributed by atoms with Crippen molar-refractivity contribution in [2.45, 2.75) is 285 Å². The van der Waals surface area contributed by atoms with Gasteiger partial charge in [0.05, 0.1) is 72.1 Å². The molecule has 0 radical (unpaired) electrons. The first-order valence-corrected chi connectivity index (χ1v) is 40.5. The molecule has 8 bridgehead atoms. The lowest BCUT2D eigenvalue weighted by molar-refractivity contribution is 0.304. The van der Waals surface area contributed by atoms with Crippen molar-refractivity contribution in [3.8, 4) is 23.0 Å². The van der Waals surface area contributed by atoms with Crippen LogP contribution in [-0.4, -0.2) is 49.3 Å². The summed E-state index contributed by atoms with van der Waals surface area (Å²) in [6, 6.07) is 34.8. The molecule has 5 heterocycles. The van der Waals surface area contributed by atoms with Crippen LogP contribution in [0.25, 0.3) is 22.3 Å². The average molecular weight is 1350 g/mol. The van der Waals surface area contributed by atoms with Crippen LogP contribution in [-0.2, 0) is 0 Å². The maximum absolute atomic E-state index is 6.81. The topological polar surface area (TPSA) is 86.4 Å². The highest BCUT2D eigenvalue weighted by molar-refractivity contribution is 6.50. The van der Waals surface area contributed by atoms with E-state index in [2.05, 4.69) is 173 Å². The number of hydrogen-bond donors (Lipinski definition) is 0. The molecule has 0 spiro atoms. The fourth-order valence-corrected chi connectivity index (χ4v) is 14.3. The van der Waals surface area contributed by atoms with Crippen LogP contribution in [0.1, 0.15) is 307 Å². The van der Waals surface area contributed by atoms with Gasteiger partial charge in [0.1, 0.15) is 23.0 Å². The van der Waals surface area contributed by atoms with E-state index in [0.29, 0.717) is 26.4 Å². The molecule has 0 unspecified atom stereocenters. The van der Waals surface area contributed by atoms with Crippen LogP contribution >= 0.6 is 0 Å². The number of unbranched alkanes of at least 4 members (excludes halogenated alkanes) is 36. The van der Waals surface area contributed by atoms with E-state index in [1.54, 1.807) is 0 Å². The van der Waals surface area contributed by atoms with Gasteiger partial charge in [0, 0.05) is 22.3 Å². The summed E-state index contributed by atoms with van der Waals surface area (Å²) in [7, 11) is 0. The van der Waals surface area contributed by atoms with E-state index in [-0.39, 0.29) is 0 Å². The maximum atomic E-state index is 6.81. The lowest BCUT2D eigenvalue weighted by Crippen LogP contribution is -2.08. The highest BCUT2D eigenvalue weighted by Gasteiger charge is 2.34. The molecule has 4 aromatic rings. The van der Waals surface area contributed by atoms with Crippen molar-refractivity contribution in [1.29, 1.82) is 0 Å². The monoisotopic (exact) mass is 1350 g/mol. The van der Waals surface area contributed by atoms with Crippen LogP contribution < -0.4 is 18.9 Å². The third-order valence-corrected chi connectivity index (χ3v) is 20.1. The fourth-order valence-electron chi connectivity index (χ4n) is 14.3. The number of rotatable bonds is 52. The van der Waals surface area contributed by atoms with E-state index in [4.69, 9.17) is 38.9 Å². The molecule has 0 saturated heterocycles. The van der Waals surface area contributed by atoms with Crippen LogP contribution in [0.2, 0.25) is 0 Å². The van der Waals surface area contributed by atoms with Crippen molar-refractivity contribution in [1.82, 2.24) is 0 Å². The molecule has 0 atom stereocenters. The molecular formula is C92H124N4O4. The molecule has 5 aliphatic rings. The molecule has 0 saturated carbocycles. The standard InChI is InChI=1S/C92H124N4O4/c1-5-9-13-17-21-25-29-33-37-41-61-97-82-53-45-49-73(65-82)86-71-81-70-79-58-57-77(93-79)69-78-59-60-80(94-78)72-87-88(74-50-46-54-83(66-74)98-62-42-38-34-30-26-22-18-14-10-6-2)89(75-51-47-55-84(67-75)99-63-43-39-35-31-27-23-19-15-11-7-3)92(96-87)90(91(86)95-81)76-52-48-56-85(68-76)100-64-44-40-36-32-28-24-20-16-12-8-4/h45-60,65-72H,5-44,61-64H2,1-4H3. The summed E-state index contributed by atoms with van der Waals surface area (Å²) in [5, 5.41) is 0. The summed E-state index contributed by atoms with van der Waals surface area (Å²) in [5.74, 6) is 3.36. The summed E-state index contributed by atoms with van der Waals surface area (Å²) in [5.41, 5.74) is 14.3. The smallest absolute Gasteiger partial charge is 0.119 e. The van der Waals surface area contributed by atoms with Gasteiger partial charge in [0.2, 0.25) is 0 Å². The molecule has 5 aliphatic heterocycles. The number of nitrogens with zero attached hydrogens (tertiary/aromatic N) is 4. The second-order valence-electron chi connectivity index (χ2n) is 28.7. The van der Waals surface area contributed by atoms with Gasteiger partial charge in [-0.1, -0.05) is 307 Å². The van der Waals surface area contributed by atoms with Gasteiger partial charge in [0.25, 0.3) is 0 Å². The number of aliphatic imine (C=N–C) groups is 4. The van der Waals surface area contributed by atoms with Crippen molar-refractivity contribution in [2.24, 2.45) is 20.0 Å². The van der Waals surface area contributed by atoms with Crippen molar-refractivity contribution in [3.63, 3.8) is 0 Å². The summed E-state index contributed by atoms with van der Waals surface area (Å²) < 4.78 is 27.0. The minimum atomic E-state index is 0.646. The van der Waals surface area contributed by atoms with E-state index in [1.807, 2.05) is 0 Å². The zero-order chi connectivity index (χ0) is 69.3. The summed E-state index contributed by atoms with van der Waals surface area (Å²) in [6.45, 7) is 11.8. The Bertz CT molecular complexity index is 3540. The second kappa shape index (κ2) is 45.5. The van der Waals surface area contributed by atoms with Crippen molar-refractivity contribution >= 4 is 45.1 Å². The zero-order valence-corrected chi connectivity index (χ0v) is 62.4. The lowest BCUT2D eigenvalue weighted by atomic mass is 9.85. The third-order valence-electron chi connectivity index (χ3n) is 20.1. The third kappa shape index (κ3) is 26.3.